The van der Waals surface area contributed by atoms with E-state index in [-0.39, 0.29) is 41.1 Å². The lowest BCUT2D eigenvalue weighted by atomic mass is 9.85. The third-order valence-corrected chi connectivity index (χ3v) is 8.47. The Morgan fingerprint density at radius 1 is 1.07 bits per heavy atom. The van der Waals surface area contributed by atoms with Crippen LogP contribution < -0.4 is 15.4 Å². The maximum absolute atomic E-state index is 13.3. The lowest BCUT2D eigenvalue weighted by Crippen LogP contribution is -2.36. The Kier molecular flexibility index (Phi) is 10.0. The van der Waals surface area contributed by atoms with Crippen molar-refractivity contribution in [3.8, 4) is 5.75 Å². The lowest BCUT2D eigenvalue weighted by molar-refractivity contribution is 0.0966. The molecular weight excluding hydrogens is 580 g/mol. The molecule has 2 amide bonds. The number of nitrogens with one attached hydrogen (secondary N) is 2. The molecule has 3 heterocycles. The molecule has 0 unspecified atom stereocenters. The van der Waals surface area contributed by atoms with Crippen LogP contribution in [0.4, 0.5) is 10.6 Å². The van der Waals surface area contributed by atoms with Crippen molar-refractivity contribution in [1.82, 2.24) is 34.8 Å². The standard InChI is InChI=1S/C35H46N8O3/c1-8-22(2)33-41-40-31-18-15-23(21-43(31)33)46-28-17-16-26(24-12-9-10-13-25(24)28)36-34(45)39-30-20-29(35(3,4)5)37-32(38-30)27(44)14-11-19-42(6)7/h9-10,12-13,15,18,20-22,26,28H,8,11,14,16-17,19H2,1-7H3,(H2,36,37,38,39,45)/t22-,26-,28+/m0/s1. The van der Waals surface area contributed by atoms with Crippen LogP contribution in [0.1, 0.15) is 118 Å². The van der Waals surface area contributed by atoms with Gasteiger partial charge in [-0.15, -0.1) is 10.2 Å². The minimum absolute atomic E-state index is 0.130. The molecule has 0 radical (unpaired) electrons. The van der Waals surface area contributed by atoms with Gasteiger partial charge in [-0.1, -0.05) is 58.9 Å². The molecule has 11 heteroatoms. The van der Waals surface area contributed by atoms with Crippen molar-refractivity contribution in [1.29, 1.82) is 0 Å². The Hall–Kier alpha value is -4.38. The van der Waals surface area contributed by atoms with Crippen molar-refractivity contribution in [2.45, 2.75) is 90.2 Å². The van der Waals surface area contributed by atoms with Crippen molar-refractivity contribution in [2.24, 2.45) is 0 Å². The zero-order valence-electron chi connectivity index (χ0n) is 28.0. The van der Waals surface area contributed by atoms with E-state index in [0.29, 0.717) is 37.2 Å². The number of carbonyl (C=O) groups excluding carboxylic acids is 2. The van der Waals surface area contributed by atoms with Gasteiger partial charge in [0.2, 0.25) is 0 Å². The normalized spacial score (nSPS) is 17.0. The maximum Gasteiger partial charge on any atom is 0.320 e. The molecule has 0 spiro atoms. The fraction of sp³-hybridized carbons (Fsp3) is 0.486. The summed E-state index contributed by atoms with van der Waals surface area (Å²) in [6.07, 6.45) is 5.21. The van der Waals surface area contributed by atoms with Gasteiger partial charge in [-0.05, 0) is 69.6 Å². The Bertz CT molecular complexity index is 1690. The number of aromatic nitrogens is 5. The van der Waals surface area contributed by atoms with Gasteiger partial charge in [0.1, 0.15) is 23.5 Å². The molecule has 244 valence electrons. The molecule has 4 aromatic rings. The summed E-state index contributed by atoms with van der Waals surface area (Å²) in [7, 11) is 3.95. The summed E-state index contributed by atoms with van der Waals surface area (Å²) in [5.41, 5.74) is 3.20. The molecule has 5 rings (SSSR count). The first-order valence-electron chi connectivity index (χ1n) is 16.2. The van der Waals surface area contributed by atoms with Crippen LogP contribution >= 0.6 is 0 Å². The van der Waals surface area contributed by atoms with Crippen molar-refractivity contribution in [3.05, 3.63) is 77.1 Å². The van der Waals surface area contributed by atoms with Gasteiger partial charge >= 0.3 is 6.03 Å². The van der Waals surface area contributed by atoms with E-state index in [1.165, 1.54) is 0 Å². The van der Waals surface area contributed by atoms with Crippen molar-refractivity contribution < 1.29 is 14.3 Å². The number of anilines is 1. The molecule has 0 bridgehead atoms. The Morgan fingerprint density at radius 2 is 1.83 bits per heavy atom. The highest BCUT2D eigenvalue weighted by Gasteiger charge is 2.30. The molecule has 2 N–H and O–H groups in total. The van der Waals surface area contributed by atoms with Crippen LogP contribution in [0.5, 0.6) is 5.75 Å². The fourth-order valence-corrected chi connectivity index (χ4v) is 5.66. The highest BCUT2D eigenvalue weighted by molar-refractivity contribution is 5.94. The highest BCUT2D eigenvalue weighted by atomic mass is 16.5. The first-order chi connectivity index (χ1) is 21.9. The second-order valence-electron chi connectivity index (χ2n) is 13.5. The van der Waals surface area contributed by atoms with Gasteiger partial charge < -0.3 is 15.0 Å². The van der Waals surface area contributed by atoms with Crippen LogP contribution in [0, 0.1) is 0 Å². The van der Waals surface area contributed by atoms with Crippen LogP contribution in [-0.2, 0) is 5.41 Å². The molecule has 0 saturated heterocycles. The van der Waals surface area contributed by atoms with E-state index in [0.717, 1.165) is 41.3 Å². The number of benzene rings is 1. The predicted molar refractivity (Wildman–Crippen MR) is 178 cm³/mol. The molecule has 3 aromatic heterocycles. The molecule has 46 heavy (non-hydrogen) atoms. The van der Waals surface area contributed by atoms with Gasteiger partial charge in [-0.2, -0.15) is 0 Å². The number of nitrogens with zero attached hydrogens (tertiary/aromatic N) is 6. The highest BCUT2D eigenvalue weighted by Crippen LogP contribution is 2.39. The first-order valence-corrected chi connectivity index (χ1v) is 16.2. The second kappa shape index (κ2) is 13.9. The molecule has 0 aliphatic heterocycles. The van der Waals surface area contributed by atoms with Crippen LogP contribution in [0.2, 0.25) is 0 Å². The predicted octanol–water partition coefficient (Wildman–Crippen LogP) is 6.63. The van der Waals surface area contributed by atoms with Crippen LogP contribution in [0.25, 0.3) is 5.65 Å². The number of urea groups is 1. The van der Waals surface area contributed by atoms with Gasteiger partial charge in [0.05, 0.1) is 17.9 Å². The summed E-state index contributed by atoms with van der Waals surface area (Å²) in [5.74, 6) is 2.24. The molecular formula is C35H46N8O3. The summed E-state index contributed by atoms with van der Waals surface area (Å²) >= 11 is 0. The minimum Gasteiger partial charge on any atom is -0.484 e. The summed E-state index contributed by atoms with van der Waals surface area (Å²) in [4.78, 5) is 37.4. The monoisotopic (exact) mass is 626 g/mol. The third kappa shape index (κ3) is 7.70. The average molecular weight is 627 g/mol. The van der Waals surface area contributed by atoms with Crippen LogP contribution in [0.3, 0.4) is 0 Å². The number of fused-ring (bicyclic) bond motifs is 2. The number of pyridine rings is 1. The number of amides is 2. The molecule has 11 nitrogen and oxygen atoms in total. The van der Waals surface area contributed by atoms with Crippen LogP contribution in [0.15, 0.2) is 48.7 Å². The molecule has 3 atom stereocenters. The van der Waals surface area contributed by atoms with Gasteiger partial charge in [-0.3, -0.25) is 14.5 Å². The number of carbonyl (C=O) groups is 2. The van der Waals surface area contributed by atoms with Gasteiger partial charge in [-0.25, -0.2) is 14.8 Å². The van der Waals surface area contributed by atoms with Gasteiger partial charge in [0, 0.05) is 23.8 Å². The van der Waals surface area contributed by atoms with Crippen molar-refractivity contribution >= 4 is 23.3 Å². The molecule has 0 fully saturated rings. The van der Waals surface area contributed by atoms with E-state index >= 15 is 0 Å². The van der Waals surface area contributed by atoms with Gasteiger partial charge in [0.25, 0.3) is 0 Å². The van der Waals surface area contributed by atoms with Gasteiger partial charge in [0.15, 0.2) is 17.3 Å². The molecule has 1 aliphatic carbocycles. The number of ketones is 1. The topological polar surface area (TPSA) is 127 Å². The number of Topliss-reactive ketones (excluding diaryl/α,β-unsaturated/α-hetero) is 1. The molecule has 0 saturated carbocycles. The number of ether oxygens (including phenoxy) is 1. The Balaban J connectivity index is 1.30. The molecule has 1 aliphatic rings. The summed E-state index contributed by atoms with van der Waals surface area (Å²) in [5, 5.41) is 14.7. The Morgan fingerprint density at radius 3 is 2.54 bits per heavy atom. The third-order valence-electron chi connectivity index (χ3n) is 8.47. The van der Waals surface area contributed by atoms with Crippen molar-refractivity contribution in [3.63, 3.8) is 0 Å². The van der Waals surface area contributed by atoms with E-state index in [1.54, 1.807) is 6.07 Å². The fourth-order valence-electron chi connectivity index (χ4n) is 5.66. The molecule has 1 aromatic carbocycles. The van der Waals surface area contributed by atoms with Crippen molar-refractivity contribution in [2.75, 3.05) is 26.0 Å². The van der Waals surface area contributed by atoms with E-state index in [9.17, 15) is 9.59 Å². The maximum atomic E-state index is 13.3. The van der Waals surface area contributed by atoms with E-state index in [2.05, 4.69) is 50.7 Å². The first kappa shape index (κ1) is 33.0. The summed E-state index contributed by atoms with van der Waals surface area (Å²) in [6.45, 7) is 11.1. The SMILES string of the molecule is CC[C@H](C)c1nnc2ccc(O[C@@H]3CC[C@H](NC(=O)Nc4cc(C(C)(C)C)nc(C(=O)CCCN(C)C)n4)c4ccccc43)cn12. The van der Waals surface area contributed by atoms with E-state index in [1.807, 2.05) is 80.7 Å². The van der Waals surface area contributed by atoms with E-state index < -0.39 is 0 Å². The largest absolute Gasteiger partial charge is 0.484 e. The summed E-state index contributed by atoms with van der Waals surface area (Å²) < 4.78 is 8.55. The zero-order chi connectivity index (χ0) is 33.0. The summed E-state index contributed by atoms with van der Waals surface area (Å²) in [6, 6.07) is 13.1. The van der Waals surface area contributed by atoms with E-state index in [4.69, 9.17) is 4.74 Å². The Labute approximate surface area is 271 Å². The average Bonchev–Trinajstić information content (AvgIpc) is 3.44. The lowest BCUT2D eigenvalue weighted by Gasteiger charge is -2.32. The minimum atomic E-state index is -0.389. The second-order valence-corrected chi connectivity index (χ2v) is 13.5. The van der Waals surface area contributed by atoms with Crippen LogP contribution in [-0.4, -0.2) is 61.9 Å². The zero-order valence-corrected chi connectivity index (χ0v) is 28.0. The number of rotatable bonds is 11. The number of hydrogen-bond donors (Lipinski definition) is 2. The quantitative estimate of drug-likeness (QED) is 0.178. The smallest absolute Gasteiger partial charge is 0.320 e. The number of hydrogen-bond acceptors (Lipinski definition) is 8.